The van der Waals surface area contributed by atoms with E-state index in [1.807, 2.05) is 50.2 Å². The van der Waals surface area contributed by atoms with Gasteiger partial charge in [0, 0.05) is 11.0 Å². The Balaban J connectivity index is 1.72. The van der Waals surface area contributed by atoms with Crippen molar-refractivity contribution >= 4 is 26.7 Å². The molecule has 0 radical (unpaired) electrons. The van der Waals surface area contributed by atoms with Gasteiger partial charge in [0.2, 0.25) is 0 Å². The van der Waals surface area contributed by atoms with E-state index in [1.165, 1.54) is 0 Å². The van der Waals surface area contributed by atoms with Gasteiger partial charge in [-0.2, -0.15) is 8.42 Å². The van der Waals surface area contributed by atoms with Crippen LogP contribution in [0.1, 0.15) is 55.5 Å². The highest BCUT2D eigenvalue weighted by atomic mass is 32.2. The molecule has 6 nitrogen and oxygen atoms in total. The first-order chi connectivity index (χ1) is 17.2. The van der Waals surface area contributed by atoms with Crippen LogP contribution in [0.25, 0.3) is 10.8 Å². The second-order valence-electron chi connectivity index (χ2n) is 9.96. The van der Waals surface area contributed by atoms with E-state index >= 15 is 0 Å². The van der Waals surface area contributed by atoms with Crippen LogP contribution in [0.2, 0.25) is 0 Å². The van der Waals surface area contributed by atoms with E-state index in [9.17, 15) is 13.2 Å². The lowest BCUT2D eigenvalue weighted by molar-refractivity contribution is 0.0922. The summed E-state index contributed by atoms with van der Waals surface area (Å²) < 4.78 is 34.5. The summed E-state index contributed by atoms with van der Waals surface area (Å²) in [5.41, 5.74) is 1.31. The molecule has 36 heavy (non-hydrogen) atoms. The lowest BCUT2D eigenvalue weighted by Crippen LogP contribution is -2.41. The van der Waals surface area contributed by atoms with Crippen LogP contribution in [-0.4, -0.2) is 45.8 Å². The highest BCUT2D eigenvalue weighted by molar-refractivity contribution is 7.85. The molecule has 1 heterocycles. The van der Waals surface area contributed by atoms with Crippen LogP contribution in [0, 0.1) is 0 Å². The third-order valence-electron chi connectivity index (χ3n) is 6.86. The molecule has 0 spiro atoms. The molecule has 1 aliphatic rings. The number of ketones is 1. The molecule has 1 N–H and O–H groups in total. The number of carbonyl (C=O) groups is 1. The van der Waals surface area contributed by atoms with Crippen LogP contribution in [0.3, 0.4) is 0 Å². The SMILES string of the molecule is CC(C)Oc1cccc(C(=O)C2CC(CCOS(C)(=O)=O)(c3cccc4ccccc34)CCCN2)c1. The Labute approximate surface area is 214 Å². The quantitative estimate of drug-likeness (QED) is 0.313. The number of rotatable bonds is 9. The first-order valence-electron chi connectivity index (χ1n) is 12.5. The number of ether oxygens (including phenoxy) is 1. The van der Waals surface area contributed by atoms with Gasteiger partial charge >= 0.3 is 0 Å². The predicted molar refractivity (Wildman–Crippen MR) is 143 cm³/mol. The average Bonchev–Trinajstić information content (AvgIpc) is 3.06. The van der Waals surface area contributed by atoms with Crippen LogP contribution >= 0.6 is 0 Å². The molecule has 1 saturated heterocycles. The third kappa shape index (κ3) is 6.33. The lowest BCUT2D eigenvalue weighted by Gasteiger charge is -2.36. The van der Waals surface area contributed by atoms with Crippen molar-refractivity contribution in [2.45, 2.75) is 57.1 Å². The smallest absolute Gasteiger partial charge is 0.264 e. The van der Waals surface area contributed by atoms with Gasteiger partial charge in [0.25, 0.3) is 10.1 Å². The molecule has 0 aromatic heterocycles. The van der Waals surface area contributed by atoms with E-state index in [2.05, 4.69) is 29.6 Å². The Morgan fingerprint density at radius 2 is 1.83 bits per heavy atom. The standard InChI is InChI=1S/C29H35NO5S/c1-21(2)35-24-12-6-11-23(19-24)28(31)27-20-29(15-8-17-30-27,16-18-34-36(3,32)33)26-14-7-10-22-9-4-5-13-25(22)26/h4-7,9-14,19,21,27,30H,8,15-18,20H2,1-3H3. The van der Waals surface area contributed by atoms with E-state index in [0.29, 0.717) is 30.7 Å². The second kappa shape index (κ2) is 11.1. The predicted octanol–water partition coefficient (Wildman–Crippen LogP) is 5.26. The maximum atomic E-state index is 13.8. The zero-order chi connectivity index (χ0) is 25.8. The fourth-order valence-corrected chi connectivity index (χ4v) is 5.72. The van der Waals surface area contributed by atoms with Crippen molar-refractivity contribution in [3.8, 4) is 5.75 Å². The van der Waals surface area contributed by atoms with Crippen LogP contribution < -0.4 is 10.1 Å². The van der Waals surface area contributed by atoms with Crippen molar-refractivity contribution in [3.05, 3.63) is 77.9 Å². The Morgan fingerprint density at radius 3 is 2.61 bits per heavy atom. The number of hydrogen-bond donors (Lipinski definition) is 1. The minimum Gasteiger partial charge on any atom is -0.491 e. The largest absolute Gasteiger partial charge is 0.491 e. The summed E-state index contributed by atoms with van der Waals surface area (Å²) in [7, 11) is -3.57. The van der Waals surface area contributed by atoms with Gasteiger partial charge in [-0.3, -0.25) is 8.98 Å². The molecule has 1 fully saturated rings. The monoisotopic (exact) mass is 509 g/mol. The minimum atomic E-state index is -3.57. The molecule has 4 rings (SSSR count). The topological polar surface area (TPSA) is 81.7 Å². The highest BCUT2D eigenvalue weighted by Crippen LogP contribution is 2.43. The van der Waals surface area contributed by atoms with Crippen LogP contribution in [-0.2, 0) is 19.7 Å². The Kier molecular flexibility index (Phi) is 8.13. The average molecular weight is 510 g/mol. The van der Waals surface area contributed by atoms with E-state index in [1.54, 1.807) is 6.07 Å². The van der Waals surface area contributed by atoms with Crippen molar-refractivity contribution in [2.24, 2.45) is 0 Å². The summed E-state index contributed by atoms with van der Waals surface area (Å²) >= 11 is 0. The van der Waals surface area contributed by atoms with E-state index in [-0.39, 0.29) is 18.5 Å². The van der Waals surface area contributed by atoms with E-state index in [4.69, 9.17) is 8.92 Å². The number of Topliss-reactive ketones (excluding diaryl/α,β-unsaturated/α-hetero) is 1. The molecule has 3 aromatic carbocycles. The minimum absolute atomic E-state index is 0.0137. The fraction of sp³-hybridized carbons (Fsp3) is 0.414. The van der Waals surface area contributed by atoms with Gasteiger partial charge in [0.15, 0.2) is 5.78 Å². The van der Waals surface area contributed by atoms with Crippen molar-refractivity contribution in [1.82, 2.24) is 5.32 Å². The van der Waals surface area contributed by atoms with Crippen molar-refractivity contribution in [2.75, 3.05) is 19.4 Å². The van der Waals surface area contributed by atoms with Gasteiger partial charge in [0.05, 0.1) is 25.0 Å². The molecule has 192 valence electrons. The normalized spacial score (nSPS) is 20.8. The van der Waals surface area contributed by atoms with Crippen molar-refractivity contribution in [1.29, 1.82) is 0 Å². The number of carbonyl (C=O) groups excluding carboxylic acids is 1. The molecule has 0 aliphatic carbocycles. The molecule has 0 saturated carbocycles. The Bertz CT molecular complexity index is 1310. The number of fused-ring (bicyclic) bond motifs is 1. The van der Waals surface area contributed by atoms with Gasteiger partial charge in [-0.15, -0.1) is 0 Å². The van der Waals surface area contributed by atoms with Crippen LogP contribution in [0.15, 0.2) is 66.7 Å². The third-order valence-corrected chi connectivity index (χ3v) is 7.46. The summed E-state index contributed by atoms with van der Waals surface area (Å²) in [5.74, 6) is 0.686. The first kappa shape index (κ1) is 26.3. The van der Waals surface area contributed by atoms with Gasteiger partial charge in [-0.1, -0.05) is 54.6 Å². The van der Waals surface area contributed by atoms with Crippen LogP contribution in [0.5, 0.6) is 5.75 Å². The van der Waals surface area contributed by atoms with E-state index in [0.717, 1.165) is 35.4 Å². The Morgan fingerprint density at radius 1 is 1.08 bits per heavy atom. The highest BCUT2D eigenvalue weighted by Gasteiger charge is 2.39. The number of hydrogen-bond acceptors (Lipinski definition) is 6. The molecule has 0 bridgehead atoms. The number of nitrogens with one attached hydrogen (secondary N) is 1. The molecular formula is C29H35NO5S. The summed E-state index contributed by atoms with van der Waals surface area (Å²) in [6.07, 6.45) is 3.81. The zero-order valence-electron chi connectivity index (χ0n) is 21.2. The maximum Gasteiger partial charge on any atom is 0.264 e. The summed E-state index contributed by atoms with van der Waals surface area (Å²) in [6.45, 7) is 4.69. The molecule has 3 aromatic rings. The molecule has 2 unspecified atom stereocenters. The molecule has 0 amide bonds. The lowest BCUT2D eigenvalue weighted by atomic mass is 9.69. The molecular weight excluding hydrogens is 474 g/mol. The number of benzene rings is 3. The van der Waals surface area contributed by atoms with Crippen LogP contribution in [0.4, 0.5) is 0 Å². The summed E-state index contributed by atoms with van der Waals surface area (Å²) in [5, 5.41) is 5.72. The van der Waals surface area contributed by atoms with Gasteiger partial charge in [-0.25, -0.2) is 0 Å². The van der Waals surface area contributed by atoms with Crippen molar-refractivity contribution in [3.63, 3.8) is 0 Å². The Hall–Kier alpha value is -2.74. The van der Waals surface area contributed by atoms with Gasteiger partial charge in [0.1, 0.15) is 5.75 Å². The summed E-state index contributed by atoms with van der Waals surface area (Å²) in [6, 6.07) is 21.4. The van der Waals surface area contributed by atoms with Gasteiger partial charge in [-0.05, 0) is 74.5 Å². The fourth-order valence-electron chi connectivity index (χ4n) is 5.33. The zero-order valence-corrected chi connectivity index (χ0v) is 22.0. The molecule has 7 heteroatoms. The summed E-state index contributed by atoms with van der Waals surface area (Å²) in [4.78, 5) is 13.8. The molecule has 1 aliphatic heterocycles. The van der Waals surface area contributed by atoms with E-state index < -0.39 is 21.6 Å². The molecule has 2 atom stereocenters. The second-order valence-corrected chi connectivity index (χ2v) is 11.6. The van der Waals surface area contributed by atoms with Crippen molar-refractivity contribution < 1.29 is 22.1 Å². The van der Waals surface area contributed by atoms with Gasteiger partial charge < -0.3 is 10.1 Å². The first-order valence-corrected chi connectivity index (χ1v) is 14.4. The maximum absolute atomic E-state index is 13.8.